The minimum Gasteiger partial charge on any atom is -0.297 e. The van der Waals surface area contributed by atoms with Crippen molar-refractivity contribution < 1.29 is 4.79 Å². The SMILES string of the molecule is O=C(C=NN1CCCCC1)c1ccccc1. The number of carbonyl (C=O) groups excluding carboxylic acids is 1. The van der Waals surface area contributed by atoms with Crippen molar-refractivity contribution in [3.05, 3.63) is 35.9 Å². The minimum absolute atomic E-state index is 0.0221. The Bertz CT molecular complexity index is 367. The van der Waals surface area contributed by atoms with E-state index < -0.39 is 0 Å². The molecule has 0 radical (unpaired) electrons. The first kappa shape index (κ1) is 10.9. The van der Waals surface area contributed by atoms with E-state index in [0.29, 0.717) is 5.56 Å². The van der Waals surface area contributed by atoms with Gasteiger partial charge in [0.05, 0.1) is 6.21 Å². The normalized spacial score (nSPS) is 16.6. The molecule has 1 aromatic rings. The molecule has 3 nitrogen and oxygen atoms in total. The molecule has 3 heteroatoms. The zero-order chi connectivity index (χ0) is 11.2. The first-order valence-corrected chi connectivity index (χ1v) is 5.74. The maximum atomic E-state index is 11.7. The lowest BCUT2D eigenvalue weighted by atomic mass is 10.1. The summed E-state index contributed by atoms with van der Waals surface area (Å²) in [4.78, 5) is 11.7. The second-order valence-corrected chi connectivity index (χ2v) is 3.99. The number of hydrazone groups is 1. The average Bonchev–Trinajstić information content (AvgIpc) is 2.38. The number of carbonyl (C=O) groups is 1. The Morgan fingerprint density at radius 1 is 1.12 bits per heavy atom. The summed E-state index contributed by atoms with van der Waals surface area (Å²) < 4.78 is 0. The van der Waals surface area contributed by atoms with Crippen molar-refractivity contribution in [2.45, 2.75) is 19.3 Å². The van der Waals surface area contributed by atoms with Crippen LogP contribution in [0.3, 0.4) is 0 Å². The molecule has 0 spiro atoms. The first-order chi connectivity index (χ1) is 7.86. The molecular weight excluding hydrogens is 200 g/mol. The van der Waals surface area contributed by atoms with Crippen LogP contribution in [0.2, 0.25) is 0 Å². The smallest absolute Gasteiger partial charge is 0.205 e. The first-order valence-electron chi connectivity index (χ1n) is 5.74. The maximum absolute atomic E-state index is 11.7. The number of rotatable bonds is 3. The summed E-state index contributed by atoms with van der Waals surface area (Å²) in [7, 11) is 0. The van der Waals surface area contributed by atoms with Crippen LogP contribution in [-0.4, -0.2) is 30.1 Å². The Balaban J connectivity index is 1.94. The minimum atomic E-state index is -0.0221. The van der Waals surface area contributed by atoms with Crippen LogP contribution in [0.15, 0.2) is 35.4 Å². The highest BCUT2D eigenvalue weighted by molar-refractivity contribution is 6.35. The Hall–Kier alpha value is -1.64. The van der Waals surface area contributed by atoms with Gasteiger partial charge >= 0.3 is 0 Å². The molecule has 1 heterocycles. The highest BCUT2D eigenvalue weighted by Crippen LogP contribution is 2.08. The number of hydrogen-bond acceptors (Lipinski definition) is 3. The zero-order valence-corrected chi connectivity index (χ0v) is 9.30. The van der Waals surface area contributed by atoms with Crippen LogP contribution in [0.5, 0.6) is 0 Å². The molecule has 0 bridgehead atoms. The molecule has 2 rings (SSSR count). The maximum Gasteiger partial charge on any atom is 0.205 e. The summed E-state index contributed by atoms with van der Waals surface area (Å²) in [6, 6.07) is 9.25. The summed E-state index contributed by atoms with van der Waals surface area (Å²) in [5.41, 5.74) is 0.697. The molecule has 1 saturated heterocycles. The number of benzene rings is 1. The standard InChI is InChI=1S/C13H16N2O/c16-13(12-7-3-1-4-8-12)11-14-15-9-5-2-6-10-15/h1,3-4,7-8,11H,2,5-6,9-10H2. The van der Waals surface area contributed by atoms with Gasteiger partial charge in [-0.15, -0.1) is 0 Å². The highest BCUT2D eigenvalue weighted by Gasteiger charge is 2.07. The molecule has 0 N–H and O–H groups in total. The van der Waals surface area contributed by atoms with Crippen molar-refractivity contribution in [2.24, 2.45) is 5.10 Å². The van der Waals surface area contributed by atoms with E-state index in [4.69, 9.17) is 0 Å². The molecule has 0 aromatic heterocycles. The summed E-state index contributed by atoms with van der Waals surface area (Å²) in [6.07, 6.45) is 5.06. The van der Waals surface area contributed by atoms with E-state index in [0.717, 1.165) is 13.1 Å². The number of nitrogens with zero attached hydrogens (tertiary/aromatic N) is 2. The second kappa shape index (κ2) is 5.45. The molecule has 0 aliphatic carbocycles. The summed E-state index contributed by atoms with van der Waals surface area (Å²) in [5, 5.41) is 6.19. The molecule has 1 aliphatic heterocycles. The predicted octanol–water partition coefficient (Wildman–Crippen LogP) is 2.34. The van der Waals surface area contributed by atoms with E-state index >= 15 is 0 Å². The molecule has 0 saturated carbocycles. The average molecular weight is 216 g/mol. The fourth-order valence-corrected chi connectivity index (χ4v) is 1.80. The largest absolute Gasteiger partial charge is 0.297 e. The van der Waals surface area contributed by atoms with Gasteiger partial charge in [-0.1, -0.05) is 30.3 Å². The Labute approximate surface area is 95.8 Å². The van der Waals surface area contributed by atoms with Crippen LogP contribution < -0.4 is 0 Å². The number of piperidine rings is 1. The zero-order valence-electron chi connectivity index (χ0n) is 9.30. The van der Waals surface area contributed by atoms with Crippen LogP contribution in [-0.2, 0) is 0 Å². The molecule has 0 atom stereocenters. The van der Waals surface area contributed by atoms with Gasteiger partial charge in [0.1, 0.15) is 0 Å². The Morgan fingerprint density at radius 2 is 1.81 bits per heavy atom. The van der Waals surface area contributed by atoms with Crippen LogP contribution in [0, 0.1) is 0 Å². The van der Waals surface area contributed by atoms with Gasteiger partial charge in [0.25, 0.3) is 0 Å². The summed E-state index contributed by atoms with van der Waals surface area (Å²) >= 11 is 0. The van der Waals surface area contributed by atoms with Crippen LogP contribution in [0.4, 0.5) is 0 Å². The van der Waals surface area contributed by atoms with Gasteiger partial charge < -0.3 is 0 Å². The van der Waals surface area contributed by atoms with Gasteiger partial charge in [-0.05, 0) is 19.3 Å². The van der Waals surface area contributed by atoms with Crippen LogP contribution in [0.1, 0.15) is 29.6 Å². The van der Waals surface area contributed by atoms with E-state index in [1.807, 2.05) is 35.3 Å². The summed E-state index contributed by atoms with van der Waals surface area (Å²) in [5.74, 6) is -0.0221. The van der Waals surface area contributed by atoms with Gasteiger partial charge in [0.15, 0.2) is 0 Å². The third-order valence-electron chi connectivity index (χ3n) is 2.73. The second-order valence-electron chi connectivity index (χ2n) is 3.99. The molecule has 1 aromatic carbocycles. The lowest BCUT2D eigenvalue weighted by molar-refractivity contribution is 0.106. The molecular formula is C13H16N2O. The van der Waals surface area contributed by atoms with Gasteiger partial charge in [-0.25, -0.2) is 0 Å². The monoisotopic (exact) mass is 216 g/mol. The number of ketones is 1. The third kappa shape index (κ3) is 2.92. The van der Waals surface area contributed by atoms with E-state index in [9.17, 15) is 4.79 Å². The molecule has 84 valence electrons. The third-order valence-corrected chi connectivity index (χ3v) is 2.73. The van der Waals surface area contributed by atoms with Crippen molar-refractivity contribution in [2.75, 3.05) is 13.1 Å². The lowest BCUT2D eigenvalue weighted by Gasteiger charge is -2.22. The molecule has 1 fully saturated rings. The van der Waals surface area contributed by atoms with Gasteiger partial charge in [-0.2, -0.15) is 5.10 Å². The van der Waals surface area contributed by atoms with Crippen molar-refractivity contribution >= 4 is 12.0 Å². The number of Topliss-reactive ketones (excluding diaryl/α,β-unsaturated/α-hetero) is 1. The molecule has 1 aliphatic rings. The van der Waals surface area contributed by atoms with Crippen molar-refractivity contribution in [1.29, 1.82) is 0 Å². The Morgan fingerprint density at radius 3 is 2.50 bits per heavy atom. The Kier molecular flexibility index (Phi) is 3.70. The fourth-order valence-electron chi connectivity index (χ4n) is 1.80. The van der Waals surface area contributed by atoms with E-state index in [1.165, 1.54) is 25.5 Å². The molecule has 0 amide bonds. The van der Waals surface area contributed by atoms with Crippen LogP contribution >= 0.6 is 0 Å². The number of hydrogen-bond donors (Lipinski definition) is 0. The van der Waals surface area contributed by atoms with E-state index in [1.54, 1.807) is 0 Å². The van der Waals surface area contributed by atoms with Gasteiger partial charge in [-0.3, -0.25) is 9.80 Å². The van der Waals surface area contributed by atoms with Crippen molar-refractivity contribution in [1.82, 2.24) is 5.01 Å². The fraction of sp³-hybridized carbons (Fsp3) is 0.385. The highest BCUT2D eigenvalue weighted by atomic mass is 16.1. The lowest BCUT2D eigenvalue weighted by Crippen LogP contribution is -2.25. The molecule has 16 heavy (non-hydrogen) atoms. The van der Waals surface area contributed by atoms with E-state index in [2.05, 4.69) is 5.10 Å². The topological polar surface area (TPSA) is 32.7 Å². The van der Waals surface area contributed by atoms with E-state index in [-0.39, 0.29) is 5.78 Å². The van der Waals surface area contributed by atoms with Gasteiger partial charge in [0, 0.05) is 18.7 Å². The quantitative estimate of drug-likeness (QED) is 0.574. The molecule has 0 unspecified atom stereocenters. The predicted molar refractivity (Wildman–Crippen MR) is 64.7 cm³/mol. The summed E-state index contributed by atoms with van der Waals surface area (Å²) in [6.45, 7) is 1.94. The van der Waals surface area contributed by atoms with Crippen molar-refractivity contribution in [3.63, 3.8) is 0 Å². The van der Waals surface area contributed by atoms with Crippen molar-refractivity contribution in [3.8, 4) is 0 Å². The van der Waals surface area contributed by atoms with Gasteiger partial charge in [0.2, 0.25) is 5.78 Å². The van der Waals surface area contributed by atoms with Crippen LogP contribution in [0.25, 0.3) is 0 Å².